The standard InChI is InChI=1S/C23H27N5O3S/c1-3-16-4-7-18(8-5-16)24-23(29)25-19-9-10-21-17(14-19)6-11-22(26-21)28-13-12-20(15-28)27-32(2,30)31/h4-11,14,20,27H,3,12-13,15H2,1-2H3,(H2,24,25,29). The number of carbonyl (C=O) groups excluding carboxylic acids is 1. The first-order valence-corrected chi connectivity index (χ1v) is 12.5. The Morgan fingerprint density at radius 3 is 2.50 bits per heavy atom. The summed E-state index contributed by atoms with van der Waals surface area (Å²) in [7, 11) is -3.22. The molecule has 32 heavy (non-hydrogen) atoms. The van der Waals surface area contributed by atoms with Gasteiger partial charge in [0.25, 0.3) is 0 Å². The summed E-state index contributed by atoms with van der Waals surface area (Å²) in [6.07, 6.45) is 2.87. The molecule has 2 heterocycles. The van der Waals surface area contributed by atoms with Gasteiger partial charge in [-0.15, -0.1) is 0 Å². The van der Waals surface area contributed by atoms with Crippen LogP contribution in [0, 0.1) is 0 Å². The lowest BCUT2D eigenvalue weighted by molar-refractivity contribution is 0.262. The molecule has 0 spiro atoms. The van der Waals surface area contributed by atoms with E-state index in [0.717, 1.165) is 41.8 Å². The number of hydrogen-bond donors (Lipinski definition) is 3. The van der Waals surface area contributed by atoms with Gasteiger partial charge in [0.05, 0.1) is 11.8 Å². The van der Waals surface area contributed by atoms with Gasteiger partial charge in [0.15, 0.2) is 0 Å². The molecule has 0 radical (unpaired) electrons. The molecule has 1 unspecified atom stereocenters. The van der Waals surface area contributed by atoms with E-state index in [1.807, 2.05) is 54.6 Å². The first-order chi connectivity index (χ1) is 15.3. The first-order valence-electron chi connectivity index (χ1n) is 10.6. The number of rotatable bonds is 6. The van der Waals surface area contributed by atoms with Crippen molar-refractivity contribution in [3.05, 3.63) is 60.2 Å². The van der Waals surface area contributed by atoms with E-state index in [1.165, 1.54) is 11.8 Å². The van der Waals surface area contributed by atoms with Crippen LogP contribution < -0.4 is 20.3 Å². The highest BCUT2D eigenvalue weighted by Crippen LogP contribution is 2.24. The Kier molecular flexibility index (Phi) is 6.29. The number of aromatic nitrogens is 1. The Bertz CT molecular complexity index is 1230. The molecule has 1 fully saturated rings. The molecule has 2 amide bonds. The molecule has 3 aromatic rings. The Hall–Kier alpha value is -3.17. The number of pyridine rings is 1. The maximum absolute atomic E-state index is 12.3. The monoisotopic (exact) mass is 453 g/mol. The van der Waals surface area contributed by atoms with Gasteiger partial charge in [-0.3, -0.25) is 0 Å². The van der Waals surface area contributed by atoms with Crippen LogP contribution in [0.5, 0.6) is 0 Å². The smallest absolute Gasteiger partial charge is 0.323 e. The summed E-state index contributed by atoms with van der Waals surface area (Å²) in [5, 5.41) is 6.60. The number of aryl methyl sites for hydroxylation is 1. The minimum absolute atomic E-state index is 0.106. The largest absolute Gasteiger partial charge is 0.355 e. The Morgan fingerprint density at radius 1 is 1.06 bits per heavy atom. The minimum Gasteiger partial charge on any atom is -0.355 e. The Labute approximate surface area is 188 Å². The number of urea groups is 1. The molecule has 2 aromatic carbocycles. The molecule has 1 saturated heterocycles. The van der Waals surface area contributed by atoms with Gasteiger partial charge in [-0.1, -0.05) is 19.1 Å². The quantitative estimate of drug-likeness (QED) is 0.529. The van der Waals surface area contributed by atoms with Crippen molar-refractivity contribution in [2.45, 2.75) is 25.8 Å². The van der Waals surface area contributed by atoms with E-state index in [-0.39, 0.29) is 12.1 Å². The van der Waals surface area contributed by atoms with E-state index in [9.17, 15) is 13.2 Å². The molecular weight excluding hydrogens is 426 g/mol. The summed E-state index contributed by atoms with van der Waals surface area (Å²) in [5.41, 5.74) is 3.44. The van der Waals surface area contributed by atoms with Crippen LogP contribution in [0.25, 0.3) is 10.9 Å². The van der Waals surface area contributed by atoms with Crippen molar-refractivity contribution in [2.75, 3.05) is 34.9 Å². The lowest BCUT2D eigenvalue weighted by atomic mass is 10.1. The van der Waals surface area contributed by atoms with Gasteiger partial charge in [0.2, 0.25) is 10.0 Å². The molecule has 8 nitrogen and oxygen atoms in total. The molecular formula is C23H27N5O3S. The molecule has 1 atom stereocenters. The highest BCUT2D eigenvalue weighted by molar-refractivity contribution is 7.88. The summed E-state index contributed by atoms with van der Waals surface area (Å²) in [6, 6.07) is 16.8. The van der Waals surface area contributed by atoms with Crippen LogP contribution in [-0.2, 0) is 16.4 Å². The number of nitrogens with zero attached hydrogens (tertiary/aromatic N) is 2. The fourth-order valence-corrected chi connectivity index (χ4v) is 4.65. The number of amides is 2. The lowest BCUT2D eigenvalue weighted by Gasteiger charge is -2.18. The van der Waals surface area contributed by atoms with Gasteiger partial charge >= 0.3 is 6.03 Å². The van der Waals surface area contributed by atoms with Crippen molar-refractivity contribution in [1.29, 1.82) is 0 Å². The van der Waals surface area contributed by atoms with Crippen LogP contribution in [-0.4, -0.2) is 44.8 Å². The Balaban J connectivity index is 1.41. The number of benzene rings is 2. The molecule has 0 bridgehead atoms. The molecule has 1 aromatic heterocycles. The van der Waals surface area contributed by atoms with Gasteiger partial charge in [0.1, 0.15) is 5.82 Å². The number of sulfonamides is 1. The van der Waals surface area contributed by atoms with Gasteiger partial charge in [-0.2, -0.15) is 0 Å². The van der Waals surface area contributed by atoms with Crippen molar-refractivity contribution in [2.24, 2.45) is 0 Å². The van der Waals surface area contributed by atoms with Crippen LogP contribution in [0.15, 0.2) is 54.6 Å². The third kappa shape index (κ3) is 5.54. The number of carbonyl (C=O) groups is 1. The lowest BCUT2D eigenvalue weighted by Crippen LogP contribution is -2.36. The van der Waals surface area contributed by atoms with Crippen LogP contribution in [0.1, 0.15) is 18.9 Å². The third-order valence-electron chi connectivity index (χ3n) is 5.45. The van der Waals surface area contributed by atoms with Crippen molar-refractivity contribution < 1.29 is 13.2 Å². The van der Waals surface area contributed by atoms with E-state index in [0.29, 0.717) is 12.2 Å². The van der Waals surface area contributed by atoms with E-state index < -0.39 is 10.0 Å². The average Bonchev–Trinajstić information content (AvgIpc) is 3.20. The van der Waals surface area contributed by atoms with Gasteiger partial charge < -0.3 is 15.5 Å². The minimum atomic E-state index is -3.22. The topological polar surface area (TPSA) is 103 Å². The molecule has 4 rings (SSSR count). The SMILES string of the molecule is CCc1ccc(NC(=O)Nc2ccc3nc(N4CCC(NS(C)(=O)=O)C4)ccc3c2)cc1. The van der Waals surface area contributed by atoms with Crippen molar-refractivity contribution >= 4 is 44.1 Å². The van der Waals surface area contributed by atoms with E-state index in [1.54, 1.807) is 0 Å². The average molecular weight is 454 g/mol. The number of anilines is 3. The van der Waals surface area contributed by atoms with Crippen molar-refractivity contribution in [3.8, 4) is 0 Å². The maximum Gasteiger partial charge on any atom is 0.323 e. The summed E-state index contributed by atoms with van der Waals surface area (Å²) in [5.74, 6) is 0.810. The number of nitrogens with one attached hydrogen (secondary N) is 3. The molecule has 168 valence electrons. The predicted molar refractivity (Wildman–Crippen MR) is 129 cm³/mol. The second kappa shape index (κ2) is 9.13. The molecule has 1 aliphatic rings. The summed E-state index contributed by atoms with van der Waals surface area (Å²) in [6.45, 7) is 3.42. The second-order valence-electron chi connectivity index (χ2n) is 8.03. The maximum atomic E-state index is 12.3. The highest BCUT2D eigenvalue weighted by Gasteiger charge is 2.25. The van der Waals surface area contributed by atoms with Crippen molar-refractivity contribution in [1.82, 2.24) is 9.71 Å². The molecule has 0 saturated carbocycles. The fourth-order valence-electron chi connectivity index (χ4n) is 3.85. The third-order valence-corrected chi connectivity index (χ3v) is 6.21. The van der Waals surface area contributed by atoms with Gasteiger partial charge in [0, 0.05) is 35.9 Å². The van der Waals surface area contributed by atoms with Crippen LogP contribution in [0.3, 0.4) is 0 Å². The molecule has 0 aliphatic carbocycles. The molecule has 1 aliphatic heterocycles. The van der Waals surface area contributed by atoms with Gasteiger partial charge in [-0.05, 0) is 60.9 Å². The summed E-state index contributed by atoms with van der Waals surface area (Å²) < 4.78 is 25.6. The fraction of sp³-hybridized carbons (Fsp3) is 0.304. The summed E-state index contributed by atoms with van der Waals surface area (Å²) in [4.78, 5) is 19.1. The second-order valence-corrected chi connectivity index (χ2v) is 9.81. The van der Waals surface area contributed by atoms with Crippen LogP contribution in [0.2, 0.25) is 0 Å². The zero-order valence-electron chi connectivity index (χ0n) is 18.1. The van der Waals surface area contributed by atoms with Gasteiger partial charge in [-0.25, -0.2) is 22.9 Å². The van der Waals surface area contributed by atoms with E-state index in [4.69, 9.17) is 4.98 Å². The van der Waals surface area contributed by atoms with Crippen LogP contribution in [0.4, 0.5) is 22.0 Å². The zero-order valence-corrected chi connectivity index (χ0v) is 18.9. The normalized spacial score (nSPS) is 16.3. The first kappa shape index (κ1) is 22.0. The summed E-state index contributed by atoms with van der Waals surface area (Å²) >= 11 is 0. The Morgan fingerprint density at radius 2 is 1.78 bits per heavy atom. The number of fused-ring (bicyclic) bond motifs is 1. The van der Waals surface area contributed by atoms with Crippen LogP contribution >= 0.6 is 0 Å². The molecule has 9 heteroatoms. The van der Waals surface area contributed by atoms with Crippen molar-refractivity contribution in [3.63, 3.8) is 0 Å². The highest BCUT2D eigenvalue weighted by atomic mass is 32.2. The molecule has 3 N–H and O–H groups in total. The van der Waals surface area contributed by atoms with E-state index in [2.05, 4.69) is 27.2 Å². The zero-order chi connectivity index (χ0) is 22.7. The number of hydrogen-bond acceptors (Lipinski definition) is 5. The predicted octanol–water partition coefficient (Wildman–Crippen LogP) is 3.57. The van der Waals surface area contributed by atoms with E-state index >= 15 is 0 Å².